The Hall–Kier alpha value is -0.220. The van der Waals surface area contributed by atoms with Gasteiger partial charge in [0.15, 0.2) is 0 Å². The summed E-state index contributed by atoms with van der Waals surface area (Å²) in [4.78, 5) is 11.6. The molecule has 0 amide bonds. The van der Waals surface area contributed by atoms with Crippen LogP contribution in [0.2, 0.25) is 0 Å². The molecular weight excluding hydrogens is 308 g/mol. The Morgan fingerprint density at radius 1 is 1.09 bits per heavy atom. The Labute approximate surface area is 147 Å². The molecule has 4 heteroatoms. The van der Waals surface area contributed by atoms with Gasteiger partial charge in [0.2, 0.25) is 0 Å². The molecule has 1 aliphatic rings. The summed E-state index contributed by atoms with van der Waals surface area (Å²) in [6.07, 6.45) is 14.6. The first-order valence-electron chi connectivity index (χ1n) is 9.68. The Bertz CT molecular complexity index is 278. The molecule has 1 rings (SSSR count). The molecule has 1 atom stereocenters. The molecule has 23 heavy (non-hydrogen) atoms. The quantitative estimate of drug-likeness (QED) is 0.314. The van der Waals surface area contributed by atoms with Crippen molar-refractivity contribution >= 4 is 17.7 Å². The highest BCUT2D eigenvalue weighted by Crippen LogP contribution is 2.17. The number of thioether (sulfide) groups is 1. The molecule has 0 aromatic carbocycles. The molecule has 0 aliphatic carbocycles. The first-order chi connectivity index (χ1) is 11.3. The number of unbranched alkanes of at least 4 members (excludes halogenated alkanes) is 6. The van der Waals surface area contributed by atoms with Crippen molar-refractivity contribution in [3.05, 3.63) is 0 Å². The van der Waals surface area contributed by atoms with Crippen LogP contribution in [0.5, 0.6) is 0 Å². The zero-order valence-electron chi connectivity index (χ0n) is 15.0. The van der Waals surface area contributed by atoms with Crippen molar-refractivity contribution in [2.75, 3.05) is 24.7 Å². The number of rotatable bonds is 14. The van der Waals surface area contributed by atoms with Crippen molar-refractivity contribution < 1.29 is 14.3 Å². The maximum atomic E-state index is 11.6. The average molecular weight is 345 g/mol. The minimum Gasteiger partial charge on any atom is -0.465 e. The zero-order valence-corrected chi connectivity index (χ0v) is 15.8. The lowest BCUT2D eigenvalue weighted by Gasteiger charge is -2.22. The Kier molecular flexibility index (Phi) is 13.9. The first-order valence-corrected chi connectivity index (χ1v) is 10.8. The number of carbonyl (C=O) groups is 1. The predicted molar refractivity (Wildman–Crippen MR) is 99.1 cm³/mol. The van der Waals surface area contributed by atoms with Crippen LogP contribution in [0.1, 0.15) is 84.0 Å². The van der Waals surface area contributed by atoms with Crippen molar-refractivity contribution in [2.45, 2.75) is 90.1 Å². The van der Waals surface area contributed by atoms with Gasteiger partial charge in [-0.1, -0.05) is 45.4 Å². The van der Waals surface area contributed by atoms with Crippen molar-refractivity contribution in [3.63, 3.8) is 0 Å². The first kappa shape index (κ1) is 20.8. The predicted octanol–water partition coefficient (Wildman–Crippen LogP) is 5.36. The van der Waals surface area contributed by atoms with Crippen molar-refractivity contribution in [2.24, 2.45) is 0 Å². The van der Waals surface area contributed by atoms with E-state index in [-0.39, 0.29) is 5.97 Å². The number of esters is 1. The number of hydrogen-bond acceptors (Lipinski definition) is 4. The second-order valence-electron chi connectivity index (χ2n) is 6.48. The summed E-state index contributed by atoms with van der Waals surface area (Å²) >= 11 is 1.87. The Balaban J connectivity index is 1.79. The Morgan fingerprint density at radius 2 is 1.87 bits per heavy atom. The lowest BCUT2D eigenvalue weighted by molar-refractivity contribution is -0.143. The monoisotopic (exact) mass is 344 g/mol. The molecule has 3 nitrogen and oxygen atoms in total. The van der Waals surface area contributed by atoms with Gasteiger partial charge in [-0.05, 0) is 37.9 Å². The molecule has 0 radical (unpaired) electrons. The zero-order chi connectivity index (χ0) is 16.6. The van der Waals surface area contributed by atoms with Crippen LogP contribution in [0.4, 0.5) is 0 Å². The highest BCUT2D eigenvalue weighted by molar-refractivity contribution is 7.99. The molecular formula is C19H36O3S. The molecule has 0 aromatic rings. The highest BCUT2D eigenvalue weighted by Gasteiger charge is 2.13. The van der Waals surface area contributed by atoms with E-state index in [1.165, 1.54) is 51.4 Å². The van der Waals surface area contributed by atoms with Crippen LogP contribution < -0.4 is 0 Å². The van der Waals surface area contributed by atoms with Crippen LogP contribution in [0, 0.1) is 0 Å². The van der Waals surface area contributed by atoms with Gasteiger partial charge in [0.05, 0.1) is 6.10 Å². The van der Waals surface area contributed by atoms with Crippen LogP contribution in [0.15, 0.2) is 0 Å². The molecule has 0 spiro atoms. The van der Waals surface area contributed by atoms with E-state index >= 15 is 0 Å². The van der Waals surface area contributed by atoms with Crippen molar-refractivity contribution in [1.29, 1.82) is 0 Å². The average Bonchev–Trinajstić information content (AvgIpc) is 2.58. The van der Waals surface area contributed by atoms with Gasteiger partial charge in [-0.25, -0.2) is 0 Å². The molecule has 1 aliphatic heterocycles. The minimum absolute atomic E-state index is 0.0187. The summed E-state index contributed by atoms with van der Waals surface area (Å²) in [6, 6.07) is 0. The normalized spacial score (nSPS) is 18.0. The van der Waals surface area contributed by atoms with E-state index in [9.17, 15) is 4.79 Å². The molecule has 0 aromatic heterocycles. The standard InChI is InChI=1S/C19H36O3S/c1-2-3-4-5-6-7-8-12-19(20)22-15-17-23-16-13-18-11-9-10-14-21-18/h18H,2-17H2,1H3. The second-order valence-corrected chi connectivity index (χ2v) is 7.71. The van der Waals surface area contributed by atoms with E-state index in [2.05, 4.69) is 6.92 Å². The molecule has 0 N–H and O–H groups in total. The topological polar surface area (TPSA) is 35.5 Å². The van der Waals surface area contributed by atoms with Gasteiger partial charge in [0.25, 0.3) is 0 Å². The fourth-order valence-corrected chi connectivity index (χ4v) is 3.70. The molecule has 136 valence electrons. The van der Waals surface area contributed by atoms with Crippen molar-refractivity contribution in [3.8, 4) is 0 Å². The van der Waals surface area contributed by atoms with E-state index in [0.717, 1.165) is 37.4 Å². The van der Waals surface area contributed by atoms with E-state index in [0.29, 0.717) is 19.1 Å². The largest absolute Gasteiger partial charge is 0.465 e. The van der Waals surface area contributed by atoms with Crippen LogP contribution >= 0.6 is 11.8 Å². The molecule has 1 heterocycles. The van der Waals surface area contributed by atoms with Gasteiger partial charge < -0.3 is 9.47 Å². The highest BCUT2D eigenvalue weighted by atomic mass is 32.2. The van der Waals surface area contributed by atoms with Crippen LogP contribution in [0.25, 0.3) is 0 Å². The lowest BCUT2D eigenvalue weighted by atomic mass is 10.1. The molecule has 1 fully saturated rings. The fourth-order valence-electron chi connectivity index (χ4n) is 2.86. The summed E-state index contributed by atoms with van der Waals surface area (Å²) in [5.74, 6) is 2.00. The van der Waals surface area contributed by atoms with Crippen molar-refractivity contribution in [1.82, 2.24) is 0 Å². The molecule has 0 saturated carbocycles. The van der Waals surface area contributed by atoms with Gasteiger partial charge in [-0.3, -0.25) is 4.79 Å². The van der Waals surface area contributed by atoms with Gasteiger partial charge in [0, 0.05) is 18.8 Å². The summed E-state index contributed by atoms with van der Waals surface area (Å²) < 4.78 is 11.0. The van der Waals surface area contributed by atoms with Gasteiger partial charge >= 0.3 is 5.97 Å². The number of carbonyl (C=O) groups excluding carboxylic acids is 1. The van der Waals surface area contributed by atoms with Crippen LogP contribution in [0.3, 0.4) is 0 Å². The minimum atomic E-state index is -0.0187. The summed E-state index contributed by atoms with van der Waals surface area (Å²) in [5.41, 5.74) is 0. The van der Waals surface area contributed by atoms with E-state index in [4.69, 9.17) is 9.47 Å². The third-order valence-electron chi connectivity index (χ3n) is 4.33. The molecule has 0 bridgehead atoms. The van der Waals surface area contributed by atoms with Gasteiger partial charge in [-0.15, -0.1) is 0 Å². The fraction of sp³-hybridized carbons (Fsp3) is 0.947. The van der Waals surface area contributed by atoms with Gasteiger partial charge in [0.1, 0.15) is 6.61 Å². The summed E-state index contributed by atoms with van der Waals surface area (Å²) in [6.45, 7) is 3.73. The number of hydrogen-bond donors (Lipinski definition) is 0. The summed E-state index contributed by atoms with van der Waals surface area (Å²) in [7, 11) is 0. The van der Waals surface area contributed by atoms with E-state index < -0.39 is 0 Å². The van der Waals surface area contributed by atoms with E-state index in [1.54, 1.807) is 0 Å². The van der Waals surface area contributed by atoms with E-state index in [1.807, 2.05) is 11.8 Å². The van der Waals surface area contributed by atoms with Crippen LogP contribution in [-0.2, 0) is 14.3 Å². The Morgan fingerprint density at radius 3 is 2.61 bits per heavy atom. The number of ether oxygens (including phenoxy) is 2. The van der Waals surface area contributed by atoms with Gasteiger partial charge in [-0.2, -0.15) is 11.8 Å². The molecule has 1 unspecified atom stereocenters. The third kappa shape index (κ3) is 12.8. The SMILES string of the molecule is CCCCCCCCCC(=O)OCCSCCC1CCCCO1. The second kappa shape index (κ2) is 15.3. The molecule has 1 saturated heterocycles. The summed E-state index contributed by atoms with van der Waals surface area (Å²) in [5, 5.41) is 0. The lowest BCUT2D eigenvalue weighted by Crippen LogP contribution is -2.19. The smallest absolute Gasteiger partial charge is 0.305 e. The third-order valence-corrected chi connectivity index (χ3v) is 5.31. The maximum absolute atomic E-state index is 11.6. The van der Waals surface area contributed by atoms with Crippen LogP contribution in [-0.4, -0.2) is 36.8 Å². The maximum Gasteiger partial charge on any atom is 0.305 e.